The lowest BCUT2D eigenvalue weighted by atomic mass is 10.2. The molecule has 78 valence electrons. The van der Waals surface area contributed by atoms with Crippen LogP contribution in [0, 0.1) is 0 Å². The van der Waals surface area contributed by atoms with Gasteiger partial charge in [0.15, 0.2) is 0 Å². The van der Waals surface area contributed by atoms with Gasteiger partial charge in [-0.15, -0.1) is 0 Å². The van der Waals surface area contributed by atoms with Gasteiger partial charge in [-0.05, 0) is 19.0 Å². The van der Waals surface area contributed by atoms with Crippen molar-refractivity contribution in [3.05, 3.63) is 12.3 Å². The van der Waals surface area contributed by atoms with Gasteiger partial charge < -0.3 is 5.32 Å². The highest BCUT2D eigenvalue weighted by Gasteiger charge is 1.84. The largest absolute Gasteiger partial charge is 0.391 e. The zero-order valence-corrected chi connectivity index (χ0v) is 9.31. The summed E-state index contributed by atoms with van der Waals surface area (Å²) in [6, 6.07) is 0. The van der Waals surface area contributed by atoms with Crippen LogP contribution in [-0.2, 0) is 0 Å². The number of allylic oxidation sites excluding steroid dienone is 1. The van der Waals surface area contributed by atoms with E-state index < -0.39 is 0 Å². The van der Waals surface area contributed by atoms with E-state index in [9.17, 15) is 0 Å². The molecule has 0 aliphatic heterocycles. The summed E-state index contributed by atoms with van der Waals surface area (Å²) in [5.41, 5.74) is 0. The van der Waals surface area contributed by atoms with Gasteiger partial charge in [0, 0.05) is 6.54 Å². The molecule has 0 aromatic rings. The van der Waals surface area contributed by atoms with Crippen molar-refractivity contribution in [2.24, 2.45) is 0 Å². The zero-order valence-electron chi connectivity index (χ0n) is 9.31. The van der Waals surface area contributed by atoms with Gasteiger partial charge in [0.25, 0.3) is 0 Å². The molecule has 0 unspecified atom stereocenters. The smallest absolute Gasteiger partial charge is 0.0141 e. The molecule has 0 saturated carbocycles. The van der Waals surface area contributed by atoms with Crippen molar-refractivity contribution in [2.45, 2.75) is 58.8 Å². The molecule has 0 saturated heterocycles. The van der Waals surface area contributed by atoms with Crippen molar-refractivity contribution in [1.29, 1.82) is 0 Å². The highest BCUT2D eigenvalue weighted by Crippen LogP contribution is 1.97. The fraction of sp³-hybridized carbons (Fsp3) is 0.833. The van der Waals surface area contributed by atoms with Crippen molar-refractivity contribution >= 4 is 0 Å². The Kier molecular flexibility index (Phi) is 11.1. The second-order valence-electron chi connectivity index (χ2n) is 3.56. The van der Waals surface area contributed by atoms with Gasteiger partial charge in [-0.2, -0.15) is 0 Å². The lowest BCUT2D eigenvalue weighted by Crippen LogP contribution is -2.06. The Morgan fingerprint density at radius 2 is 1.69 bits per heavy atom. The van der Waals surface area contributed by atoms with Crippen LogP contribution in [0.15, 0.2) is 12.3 Å². The summed E-state index contributed by atoms with van der Waals surface area (Å²) < 4.78 is 0. The standard InChI is InChI=1S/C12H25N/c1-3-5-7-9-11-13-12-10-8-6-4-2/h9,11,13H,3-8,10,12H2,1-2H3. The van der Waals surface area contributed by atoms with Crippen LogP contribution in [0.1, 0.15) is 58.8 Å². The number of hydrogen-bond acceptors (Lipinski definition) is 1. The number of nitrogens with one attached hydrogen (secondary N) is 1. The molecule has 1 heteroatoms. The van der Waals surface area contributed by atoms with Gasteiger partial charge in [-0.1, -0.05) is 52.0 Å². The third-order valence-electron chi connectivity index (χ3n) is 2.13. The van der Waals surface area contributed by atoms with Gasteiger partial charge >= 0.3 is 0 Å². The molecular formula is C12H25N. The van der Waals surface area contributed by atoms with Crippen LogP contribution in [0.2, 0.25) is 0 Å². The molecule has 0 aliphatic rings. The van der Waals surface area contributed by atoms with Crippen molar-refractivity contribution in [1.82, 2.24) is 5.32 Å². The average molecular weight is 183 g/mol. The molecule has 0 spiro atoms. The first-order valence-corrected chi connectivity index (χ1v) is 5.80. The number of hydrogen-bond donors (Lipinski definition) is 1. The Bertz CT molecular complexity index is 108. The van der Waals surface area contributed by atoms with Gasteiger partial charge in [-0.3, -0.25) is 0 Å². The van der Waals surface area contributed by atoms with Crippen LogP contribution in [0.25, 0.3) is 0 Å². The predicted molar refractivity (Wildman–Crippen MR) is 60.8 cm³/mol. The van der Waals surface area contributed by atoms with Crippen molar-refractivity contribution in [3.8, 4) is 0 Å². The predicted octanol–water partition coefficient (Wildman–Crippen LogP) is 3.86. The zero-order chi connectivity index (χ0) is 9.78. The van der Waals surface area contributed by atoms with Gasteiger partial charge in [-0.25, -0.2) is 0 Å². The van der Waals surface area contributed by atoms with Crippen LogP contribution in [0.5, 0.6) is 0 Å². The molecule has 0 aliphatic carbocycles. The van der Waals surface area contributed by atoms with Crippen molar-refractivity contribution in [3.63, 3.8) is 0 Å². The highest BCUT2D eigenvalue weighted by atomic mass is 14.8. The summed E-state index contributed by atoms with van der Waals surface area (Å²) in [5.74, 6) is 0. The van der Waals surface area contributed by atoms with Gasteiger partial charge in [0.1, 0.15) is 0 Å². The lowest BCUT2D eigenvalue weighted by molar-refractivity contribution is 0.645. The lowest BCUT2D eigenvalue weighted by Gasteiger charge is -1.99. The second kappa shape index (κ2) is 11.5. The Morgan fingerprint density at radius 3 is 2.38 bits per heavy atom. The molecule has 0 amide bonds. The molecule has 0 heterocycles. The molecule has 0 rings (SSSR count). The minimum atomic E-state index is 1.14. The molecule has 0 bridgehead atoms. The van der Waals surface area contributed by atoms with E-state index in [1.807, 2.05) is 0 Å². The molecule has 0 fully saturated rings. The first-order valence-electron chi connectivity index (χ1n) is 5.80. The third kappa shape index (κ3) is 11.5. The van der Waals surface area contributed by atoms with Gasteiger partial charge in [0.2, 0.25) is 0 Å². The molecule has 0 aromatic heterocycles. The molecule has 1 N–H and O–H groups in total. The third-order valence-corrected chi connectivity index (χ3v) is 2.13. The fourth-order valence-electron chi connectivity index (χ4n) is 1.23. The highest BCUT2D eigenvalue weighted by molar-refractivity contribution is 4.78. The summed E-state index contributed by atoms with van der Waals surface area (Å²) in [6.45, 7) is 5.62. The van der Waals surface area contributed by atoms with E-state index in [-0.39, 0.29) is 0 Å². The van der Waals surface area contributed by atoms with E-state index in [1.54, 1.807) is 0 Å². The van der Waals surface area contributed by atoms with Crippen LogP contribution in [-0.4, -0.2) is 6.54 Å². The monoisotopic (exact) mass is 183 g/mol. The summed E-state index contributed by atoms with van der Waals surface area (Å²) >= 11 is 0. The Hall–Kier alpha value is -0.460. The molecule has 0 radical (unpaired) electrons. The van der Waals surface area contributed by atoms with Crippen molar-refractivity contribution < 1.29 is 0 Å². The van der Waals surface area contributed by atoms with E-state index in [2.05, 4.69) is 31.4 Å². The maximum atomic E-state index is 3.32. The molecular weight excluding hydrogens is 158 g/mol. The number of unbranched alkanes of at least 4 members (excludes halogenated alkanes) is 5. The maximum Gasteiger partial charge on any atom is 0.0141 e. The minimum absolute atomic E-state index is 1.14. The SMILES string of the molecule is CCCCC=CNCCCCCC. The summed E-state index contributed by atoms with van der Waals surface area (Å²) in [6.07, 6.45) is 13.6. The molecule has 0 atom stereocenters. The Balaban J connectivity index is 2.93. The fourth-order valence-corrected chi connectivity index (χ4v) is 1.23. The minimum Gasteiger partial charge on any atom is -0.391 e. The summed E-state index contributed by atoms with van der Waals surface area (Å²) in [7, 11) is 0. The van der Waals surface area contributed by atoms with E-state index in [0.29, 0.717) is 0 Å². The maximum absolute atomic E-state index is 3.32. The first-order chi connectivity index (χ1) is 6.41. The second-order valence-corrected chi connectivity index (χ2v) is 3.56. The summed E-state index contributed by atoms with van der Waals surface area (Å²) in [5, 5.41) is 3.32. The number of rotatable bonds is 9. The van der Waals surface area contributed by atoms with Crippen LogP contribution < -0.4 is 5.32 Å². The normalized spacial score (nSPS) is 10.9. The van der Waals surface area contributed by atoms with E-state index >= 15 is 0 Å². The summed E-state index contributed by atoms with van der Waals surface area (Å²) in [4.78, 5) is 0. The topological polar surface area (TPSA) is 12.0 Å². The molecule has 0 aromatic carbocycles. The Labute approximate surface area is 83.6 Å². The Morgan fingerprint density at radius 1 is 0.923 bits per heavy atom. The van der Waals surface area contributed by atoms with Crippen LogP contribution in [0.4, 0.5) is 0 Å². The van der Waals surface area contributed by atoms with E-state index in [0.717, 1.165) is 6.54 Å². The quantitative estimate of drug-likeness (QED) is 0.535. The van der Waals surface area contributed by atoms with Crippen LogP contribution in [0.3, 0.4) is 0 Å². The average Bonchev–Trinajstić information content (AvgIpc) is 2.16. The van der Waals surface area contributed by atoms with Gasteiger partial charge in [0.05, 0.1) is 0 Å². The molecule has 13 heavy (non-hydrogen) atoms. The van der Waals surface area contributed by atoms with Crippen LogP contribution >= 0.6 is 0 Å². The molecule has 1 nitrogen and oxygen atoms in total. The van der Waals surface area contributed by atoms with E-state index in [4.69, 9.17) is 0 Å². The first kappa shape index (κ1) is 12.5. The van der Waals surface area contributed by atoms with Crippen molar-refractivity contribution in [2.75, 3.05) is 6.54 Å². The van der Waals surface area contributed by atoms with E-state index in [1.165, 1.54) is 44.9 Å².